The second-order valence-corrected chi connectivity index (χ2v) is 7.33. The van der Waals surface area contributed by atoms with Crippen LogP contribution in [0, 0.1) is 0 Å². The fourth-order valence-electron chi connectivity index (χ4n) is 3.48. The van der Waals surface area contributed by atoms with E-state index in [0.717, 1.165) is 44.1 Å². The molecule has 1 saturated heterocycles. The number of carbonyl (C=O) groups is 1. The summed E-state index contributed by atoms with van der Waals surface area (Å²) < 4.78 is 0. The molecular formula is C25H26N4O. The minimum absolute atomic E-state index is 0.000684. The number of amides is 1. The minimum Gasteiger partial charge on any atom is -0.354 e. The van der Waals surface area contributed by atoms with E-state index in [0.29, 0.717) is 5.69 Å². The summed E-state index contributed by atoms with van der Waals surface area (Å²) in [7, 11) is 0. The number of pyridine rings is 1. The van der Waals surface area contributed by atoms with Gasteiger partial charge in [0.25, 0.3) is 5.91 Å². The second kappa shape index (κ2) is 9.85. The summed E-state index contributed by atoms with van der Waals surface area (Å²) in [4.78, 5) is 21.4. The lowest BCUT2D eigenvalue weighted by molar-refractivity contribution is 0.0644. The quantitative estimate of drug-likeness (QED) is 0.673. The van der Waals surface area contributed by atoms with E-state index in [1.807, 2.05) is 59.5 Å². The van der Waals surface area contributed by atoms with Gasteiger partial charge in [0.15, 0.2) is 0 Å². The molecule has 1 aliphatic rings. The van der Waals surface area contributed by atoms with E-state index in [-0.39, 0.29) is 5.91 Å². The topological polar surface area (TPSA) is 48.5 Å². The average molecular weight is 399 g/mol. The van der Waals surface area contributed by atoms with Gasteiger partial charge in [-0.3, -0.25) is 9.69 Å². The number of nitrogens with zero attached hydrogens (tertiary/aromatic N) is 3. The SMILES string of the molecule is O=C(c1ccc(Nc2ccccc2)cn1)N1CCN(C/C=C/c2ccccc2)CC1. The number of para-hydroxylation sites is 1. The summed E-state index contributed by atoms with van der Waals surface area (Å²) in [6, 6.07) is 23.9. The molecule has 0 radical (unpaired) electrons. The van der Waals surface area contributed by atoms with E-state index in [4.69, 9.17) is 0 Å². The highest BCUT2D eigenvalue weighted by atomic mass is 16.2. The zero-order valence-electron chi connectivity index (χ0n) is 16.9. The van der Waals surface area contributed by atoms with Crippen LogP contribution in [0.1, 0.15) is 16.1 Å². The molecule has 1 N–H and O–H groups in total. The first-order valence-electron chi connectivity index (χ1n) is 10.3. The molecule has 5 nitrogen and oxygen atoms in total. The van der Waals surface area contributed by atoms with Gasteiger partial charge in [0, 0.05) is 38.4 Å². The summed E-state index contributed by atoms with van der Waals surface area (Å²) >= 11 is 0. The molecule has 2 aromatic carbocycles. The van der Waals surface area contributed by atoms with Crippen molar-refractivity contribution in [1.29, 1.82) is 0 Å². The van der Waals surface area contributed by atoms with Gasteiger partial charge >= 0.3 is 0 Å². The molecule has 30 heavy (non-hydrogen) atoms. The van der Waals surface area contributed by atoms with Crippen LogP contribution in [0.25, 0.3) is 6.08 Å². The Hall–Kier alpha value is -3.44. The van der Waals surface area contributed by atoms with Crippen molar-refractivity contribution >= 4 is 23.4 Å². The minimum atomic E-state index is 0.000684. The Kier molecular flexibility index (Phi) is 6.52. The maximum atomic E-state index is 12.8. The van der Waals surface area contributed by atoms with Crippen LogP contribution in [0.15, 0.2) is 85.1 Å². The number of anilines is 2. The van der Waals surface area contributed by atoms with Gasteiger partial charge in [-0.05, 0) is 29.8 Å². The third-order valence-corrected chi connectivity index (χ3v) is 5.18. The first-order valence-corrected chi connectivity index (χ1v) is 10.3. The molecular weight excluding hydrogens is 372 g/mol. The molecule has 5 heteroatoms. The zero-order chi connectivity index (χ0) is 20.6. The highest BCUT2D eigenvalue weighted by Gasteiger charge is 2.22. The Morgan fingerprint density at radius 2 is 1.57 bits per heavy atom. The van der Waals surface area contributed by atoms with E-state index < -0.39 is 0 Å². The summed E-state index contributed by atoms with van der Waals surface area (Å²) in [5.41, 5.74) is 3.57. The van der Waals surface area contributed by atoms with Gasteiger partial charge in [-0.15, -0.1) is 0 Å². The largest absolute Gasteiger partial charge is 0.354 e. The number of piperazine rings is 1. The van der Waals surface area contributed by atoms with E-state index in [1.165, 1.54) is 5.56 Å². The highest BCUT2D eigenvalue weighted by Crippen LogP contribution is 2.16. The summed E-state index contributed by atoms with van der Waals surface area (Å²) in [6.45, 7) is 4.10. The Labute approximate surface area is 177 Å². The first-order chi connectivity index (χ1) is 14.8. The van der Waals surface area contributed by atoms with Gasteiger partial charge < -0.3 is 10.2 Å². The number of hydrogen-bond donors (Lipinski definition) is 1. The van der Waals surface area contributed by atoms with Gasteiger partial charge in [0.05, 0.1) is 11.9 Å². The van der Waals surface area contributed by atoms with Crippen LogP contribution in [-0.4, -0.2) is 53.4 Å². The van der Waals surface area contributed by atoms with Crippen molar-refractivity contribution in [1.82, 2.24) is 14.8 Å². The Balaban J connectivity index is 1.26. The van der Waals surface area contributed by atoms with Gasteiger partial charge in [0.1, 0.15) is 5.69 Å². The second-order valence-electron chi connectivity index (χ2n) is 7.33. The molecule has 0 spiro atoms. The van der Waals surface area contributed by atoms with Crippen LogP contribution in [0.4, 0.5) is 11.4 Å². The maximum absolute atomic E-state index is 12.8. The van der Waals surface area contributed by atoms with E-state index in [9.17, 15) is 4.79 Å². The third-order valence-electron chi connectivity index (χ3n) is 5.18. The average Bonchev–Trinajstić information content (AvgIpc) is 2.81. The fraction of sp³-hybridized carbons (Fsp3) is 0.200. The third kappa shape index (κ3) is 5.33. The lowest BCUT2D eigenvalue weighted by Gasteiger charge is -2.34. The van der Waals surface area contributed by atoms with Crippen LogP contribution < -0.4 is 5.32 Å². The lowest BCUT2D eigenvalue weighted by atomic mass is 10.2. The number of rotatable bonds is 6. The van der Waals surface area contributed by atoms with Crippen molar-refractivity contribution in [3.05, 3.63) is 96.3 Å². The highest BCUT2D eigenvalue weighted by molar-refractivity contribution is 5.92. The summed E-state index contributed by atoms with van der Waals surface area (Å²) in [6.07, 6.45) is 6.05. The van der Waals surface area contributed by atoms with Gasteiger partial charge in [-0.2, -0.15) is 0 Å². The first kappa shape index (κ1) is 19.9. The van der Waals surface area contributed by atoms with E-state index in [2.05, 4.69) is 39.5 Å². The predicted octanol–water partition coefficient (Wildman–Crippen LogP) is 4.30. The predicted molar refractivity (Wildman–Crippen MR) is 122 cm³/mol. The van der Waals surface area contributed by atoms with Crippen LogP contribution in [0.3, 0.4) is 0 Å². The summed E-state index contributed by atoms with van der Waals surface area (Å²) in [5, 5.41) is 3.29. The maximum Gasteiger partial charge on any atom is 0.272 e. The van der Waals surface area contributed by atoms with Crippen LogP contribution >= 0.6 is 0 Å². The van der Waals surface area contributed by atoms with Crippen molar-refractivity contribution in [3.63, 3.8) is 0 Å². The zero-order valence-corrected chi connectivity index (χ0v) is 16.9. The van der Waals surface area contributed by atoms with Crippen LogP contribution in [0.5, 0.6) is 0 Å². The fourth-order valence-corrected chi connectivity index (χ4v) is 3.48. The van der Waals surface area contributed by atoms with Gasteiger partial charge in [0.2, 0.25) is 0 Å². The molecule has 1 aliphatic heterocycles. The van der Waals surface area contributed by atoms with Gasteiger partial charge in [-0.25, -0.2) is 4.98 Å². The number of aromatic nitrogens is 1. The Bertz CT molecular complexity index is 963. The standard InChI is InChI=1S/C25H26N4O/c30-25(24-14-13-23(20-26-24)27-22-11-5-2-6-12-22)29-18-16-28(17-19-29)15-7-10-21-8-3-1-4-9-21/h1-14,20,27H,15-19H2/b10-7+. The monoisotopic (exact) mass is 398 g/mol. The van der Waals surface area contributed by atoms with Crippen molar-refractivity contribution in [3.8, 4) is 0 Å². The lowest BCUT2D eigenvalue weighted by Crippen LogP contribution is -2.48. The Morgan fingerprint density at radius 1 is 0.867 bits per heavy atom. The number of carbonyl (C=O) groups excluding carboxylic acids is 1. The number of nitrogens with one attached hydrogen (secondary N) is 1. The van der Waals surface area contributed by atoms with E-state index in [1.54, 1.807) is 12.3 Å². The van der Waals surface area contributed by atoms with E-state index >= 15 is 0 Å². The molecule has 152 valence electrons. The molecule has 1 amide bonds. The van der Waals surface area contributed by atoms with Crippen LogP contribution in [0.2, 0.25) is 0 Å². The normalized spacial score (nSPS) is 14.7. The van der Waals surface area contributed by atoms with Crippen molar-refractivity contribution < 1.29 is 4.79 Å². The van der Waals surface area contributed by atoms with Crippen molar-refractivity contribution in [2.24, 2.45) is 0 Å². The number of hydrogen-bond acceptors (Lipinski definition) is 4. The van der Waals surface area contributed by atoms with Crippen molar-refractivity contribution in [2.45, 2.75) is 0 Å². The Morgan fingerprint density at radius 3 is 2.23 bits per heavy atom. The molecule has 3 aromatic rings. The molecule has 0 atom stereocenters. The molecule has 0 bridgehead atoms. The van der Waals surface area contributed by atoms with Crippen LogP contribution in [-0.2, 0) is 0 Å². The van der Waals surface area contributed by atoms with Gasteiger partial charge in [-0.1, -0.05) is 60.7 Å². The van der Waals surface area contributed by atoms with Crippen molar-refractivity contribution in [2.75, 3.05) is 38.0 Å². The molecule has 0 saturated carbocycles. The molecule has 2 heterocycles. The smallest absolute Gasteiger partial charge is 0.272 e. The molecule has 0 aliphatic carbocycles. The molecule has 0 unspecified atom stereocenters. The number of benzene rings is 2. The molecule has 4 rings (SSSR count). The molecule has 1 fully saturated rings. The molecule has 1 aromatic heterocycles. The summed E-state index contributed by atoms with van der Waals surface area (Å²) in [5.74, 6) is 0.000684.